The van der Waals surface area contributed by atoms with E-state index in [1.54, 1.807) is 11.3 Å². The number of alkyl carbamates (subject to hydrolysis) is 1. The van der Waals surface area contributed by atoms with Crippen LogP contribution < -0.4 is 10.6 Å². The van der Waals surface area contributed by atoms with Gasteiger partial charge in [0.05, 0.1) is 0 Å². The number of rotatable bonds is 6. The van der Waals surface area contributed by atoms with Gasteiger partial charge in [-0.1, -0.05) is 6.92 Å². The van der Waals surface area contributed by atoms with Crippen LogP contribution in [0.3, 0.4) is 0 Å². The second-order valence-corrected chi connectivity index (χ2v) is 7.82. The van der Waals surface area contributed by atoms with E-state index in [-0.39, 0.29) is 18.2 Å². The summed E-state index contributed by atoms with van der Waals surface area (Å²) >= 11 is 5.26. The Morgan fingerprint density at radius 2 is 2.14 bits per heavy atom. The highest BCUT2D eigenvalue weighted by Crippen LogP contribution is 2.28. The van der Waals surface area contributed by atoms with Gasteiger partial charge in [-0.15, -0.1) is 11.3 Å². The maximum absolute atomic E-state index is 11.8. The molecule has 0 radical (unpaired) electrons. The van der Waals surface area contributed by atoms with E-state index in [2.05, 4.69) is 51.9 Å². The van der Waals surface area contributed by atoms with Gasteiger partial charge < -0.3 is 15.4 Å². The summed E-state index contributed by atoms with van der Waals surface area (Å²) in [5, 5.41) is 8.43. The van der Waals surface area contributed by atoms with Crippen molar-refractivity contribution in [3.05, 3.63) is 20.8 Å². The van der Waals surface area contributed by atoms with Crippen molar-refractivity contribution in [2.24, 2.45) is 0 Å². The third-order valence-corrected chi connectivity index (χ3v) is 4.98. The highest BCUT2D eigenvalue weighted by Gasteiger charge is 2.19. The molecule has 1 heterocycles. The number of thiophene rings is 1. The third-order valence-electron chi connectivity index (χ3n) is 2.92. The molecule has 4 nitrogen and oxygen atoms in total. The third kappa shape index (κ3) is 6.80. The van der Waals surface area contributed by atoms with Crippen molar-refractivity contribution in [1.82, 2.24) is 10.6 Å². The summed E-state index contributed by atoms with van der Waals surface area (Å²) in [4.78, 5) is 13.1. The van der Waals surface area contributed by atoms with Crippen molar-refractivity contribution in [2.75, 3.05) is 6.54 Å². The monoisotopic (exact) mass is 376 g/mol. The molecule has 0 aromatic carbocycles. The van der Waals surface area contributed by atoms with Crippen molar-refractivity contribution in [3.63, 3.8) is 0 Å². The molecule has 0 aliphatic rings. The van der Waals surface area contributed by atoms with Crippen molar-refractivity contribution in [2.45, 2.75) is 58.7 Å². The lowest BCUT2D eigenvalue weighted by Crippen LogP contribution is -2.44. The lowest BCUT2D eigenvalue weighted by atomic mass is 10.2. The minimum Gasteiger partial charge on any atom is -0.444 e. The van der Waals surface area contributed by atoms with Crippen LogP contribution in [0.5, 0.6) is 0 Å². The van der Waals surface area contributed by atoms with E-state index >= 15 is 0 Å². The number of hydrogen-bond donors (Lipinski definition) is 2. The van der Waals surface area contributed by atoms with Gasteiger partial charge in [0.15, 0.2) is 0 Å². The Kier molecular flexibility index (Phi) is 7.16. The van der Waals surface area contributed by atoms with Crippen LogP contribution in [-0.4, -0.2) is 24.3 Å². The normalized spacial score (nSPS) is 14.6. The Hall–Kier alpha value is -0.590. The molecule has 21 heavy (non-hydrogen) atoms. The fourth-order valence-corrected chi connectivity index (χ4v) is 3.55. The zero-order chi connectivity index (χ0) is 16.0. The van der Waals surface area contributed by atoms with Gasteiger partial charge in [0.1, 0.15) is 5.60 Å². The molecule has 1 aromatic rings. The average molecular weight is 377 g/mol. The van der Waals surface area contributed by atoms with E-state index in [4.69, 9.17) is 4.74 Å². The van der Waals surface area contributed by atoms with E-state index in [1.165, 1.54) is 4.88 Å². The van der Waals surface area contributed by atoms with E-state index in [0.717, 1.165) is 10.9 Å². The molecule has 2 unspecified atom stereocenters. The molecular weight excluding hydrogens is 352 g/mol. The maximum Gasteiger partial charge on any atom is 0.407 e. The molecule has 0 aliphatic heterocycles. The summed E-state index contributed by atoms with van der Waals surface area (Å²) in [6, 6.07) is 2.35. The molecular formula is C15H25BrN2O2S. The number of carbonyl (C=O) groups excluding carboxylic acids is 1. The smallest absolute Gasteiger partial charge is 0.407 e. The van der Waals surface area contributed by atoms with Crippen molar-refractivity contribution in [3.8, 4) is 0 Å². The Balaban J connectivity index is 2.44. The SMILES string of the molecule is CCC(CNC(C)c1sccc1Br)NC(=O)OC(C)(C)C. The number of carbonyl (C=O) groups is 1. The number of hydrogen-bond acceptors (Lipinski definition) is 4. The summed E-state index contributed by atoms with van der Waals surface area (Å²) < 4.78 is 6.41. The van der Waals surface area contributed by atoms with E-state index in [9.17, 15) is 4.79 Å². The topological polar surface area (TPSA) is 50.4 Å². The Labute approximate surface area is 139 Å². The molecule has 120 valence electrons. The van der Waals surface area contributed by atoms with Crippen LogP contribution in [0.1, 0.15) is 52.0 Å². The first-order valence-electron chi connectivity index (χ1n) is 7.18. The Bertz CT molecular complexity index is 457. The van der Waals surface area contributed by atoms with Gasteiger partial charge in [-0.05, 0) is 61.5 Å². The largest absolute Gasteiger partial charge is 0.444 e. The van der Waals surface area contributed by atoms with Gasteiger partial charge in [-0.25, -0.2) is 4.79 Å². The van der Waals surface area contributed by atoms with Crippen LogP contribution >= 0.6 is 27.3 Å². The van der Waals surface area contributed by atoms with Crippen LogP contribution in [0, 0.1) is 0 Å². The van der Waals surface area contributed by atoms with Gasteiger partial charge in [-0.3, -0.25) is 0 Å². The maximum atomic E-state index is 11.8. The quantitative estimate of drug-likeness (QED) is 0.769. The number of halogens is 1. The predicted molar refractivity (Wildman–Crippen MR) is 91.9 cm³/mol. The van der Waals surface area contributed by atoms with Crippen molar-refractivity contribution < 1.29 is 9.53 Å². The van der Waals surface area contributed by atoms with Crippen LogP contribution in [0.4, 0.5) is 4.79 Å². The van der Waals surface area contributed by atoms with Gasteiger partial charge in [-0.2, -0.15) is 0 Å². The molecule has 0 saturated heterocycles. The summed E-state index contributed by atoms with van der Waals surface area (Å²) in [6.45, 7) is 10.5. The predicted octanol–water partition coefficient (Wildman–Crippen LogP) is 4.46. The fraction of sp³-hybridized carbons (Fsp3) is 0.667. The molecule has 1 aromatic heterocycles. The lowest BCUT2D eigenvalue weighted by Gasteiger charge is -2.24. The molecule has 0 bridgehead atoms. The summed E-state index contributed by atoms with van der Waals surface area (Å²) in [6.07, 6.45) is 0.492. The molecule has 0 fully saturated rings. The molecule has 0 saturated carbocycles. The van der Waals surface area contributed by atoms with Crippen LogP contribution in [0.15, 0.2) is 15.9 Å². The average Bonchev–Trinajstić information content (AvgIpc) is 2.78. The van der Waals surface area contributed by atoms with Crippen LogP contribution in [0.2, 0.25) is 0 Å². The van der Waals surface area contributed by atoms with E-state index in [1.807, 2.05) is 20.8 Å². The number of amides is 1. The van der Waals surface area contributed by atoms with Crippen LogP contribution in [-0.2, 0) is 4.74 Å². The molecule has 1 rings (SSSR count). The molecule has 0 spiro atoms. The zero-order valence-electron chi connectivity index (χ0n) is 13.3. The van der Waals surface area contributed by atoms with Gasteiger partial charge in [0, 0.05) is 28.0 Å². The highest BCUT2D eigenvalue weighted by atomic mass is 79.9. The fourth-order valence-electron chi connectivity index (χ4n) is 1.80. The summed E-state index contributed by atoms with van der Waals surface area (Å²) in [5.41, 5.74) is -0.467. The minimum absolute atomic E-state index is 0.0565. The Morgan fingerprint density at radius 1 is 1.48 bits per heavy atom. The summed E-state index contributed by atoms with van der Waals surface area (Å²) in [7, 11) is 0. The molecule has 2 atom stereocenters. The highest BCUT2D eigenvalue weighted by molar-refractivity contribution is 9.10. The van der Waals surface area contributed by atoms with E-state index in [0.29, 0.717) is 6.54 Å². The molecule has 0 aliphatic carbocycles. The van der Waals surface area contributed by atoms with Gasteiger partial charge in [0.25, 0.3) is 0 Å². The van der Waals surface area contributed by atoms with Crippen LogP contribution in [0.25, 0.3) is 0 Å². The summed E-state index contributed by atoms with van der Waals surface area (Å²) in [5.74, 6) is 0. The lowest BCUT2D eigenvalue weighted by molar-refractivity contribution is 0.0502. The number of ether oxygens (including phenoxy) is 1. The second-order valence-electron chi connectivity index (χ2n) is 6.01. The Morgan fingerprint density at radius 3 is 2.62 bits per heavy atom. The first-order valence-corrected chi connectivity index (χ1v) is 8.86. The zero-order valence-corrected chi connectivity index (χ0v) is 15.7. The van der Waals surface area contributed by atoms with Crippen molar-refractivity contribution in [1.29, 1.82) is 0 Å². The van der Waals surface area contributed by atoms with Gasteiger partial charge in [0.2, 0.25) is 0 Å². The molecule has 1 amide bonds. The van der Waals surface area contributed by atoms with Crippen molar-refractivity contribution >= 4 is 33.4 Å². The second kappa shape index (κ2) is 8.15. The standard InChI is InChI=1S/C15H25BrN2O2S/c1-6-11(18-14(19)20-15(3,4)5)9-17-10(2)13-12(16)7-8-21-13/h7-8,10-11,17H,6,9H2,1-5H3,(H,18,19). The van der Waals surface area contributed by atoms with E-state index < -0.39 is 5.60 Å². The number of nitrogens with one attached hydrogen (secondary N) is 2. The first-order chi connectivity index (χ1) is 9.73. The first kappa shape index (κ1) is 18.5. The molecule has 6 heteroatoms. The minimum atomic E-state index is -0.467. The molecule has 2 N–H and O–H groups in total. The van der Waals surface area contributed by atoms with Gasteiger partial charge >= 0.3 is 6.09 Å².